The van der Waals surface area contributed by atoms with Crippen LogP contribution in [0.5, 0.6) is 0 Å². The Labute approximate surface area is 117 Å². The Kier molecular flexibility index (Phi) is 2.92. The summed E-state index contributed by atoms with van der Waals surface area (Å²) in [7, 11) is 0. The molecule has 0 bridgehead atoms. The number of carbonyl (C=O) groups excluding carboxylic acids is 1. The molecule has 3 rings (SSSR count). The number of nitrogens with zero attached hydrogens (tertiary/aromatic N) is 1. The largest absolute Gasteiger partial charge is 0.440 e. The fourth-order valence-electron chi connectivity index (χ4n) is 2.14. The van der Waals surface area contributed by atoms with E-state index in [1.165, 1.54) is 0 Å². The monoisotopic (exact) mass is 325 g/mol. The van der Waals surface area contributed by atoms with Crippen LogP contribution in [-0.2, 0) is 6.42 Å². The number of halogens is 2. The Morgan fingerprint density at radius 3 is 2.89 bits per heavy atom. The molecule has 0 fully saturated rings. The number of carbonyl (C=O) groups is 1. The molecule has 18 heavy (non-hydrogen) atoms. The zero-order valence-electron chi connectivity index (χ0n) is 9.32. The lowest BCUT2D eigenvalue weighted by Crippen LogP contribution is -2.28. The normalized spacial score (nSPS) is 13.8. The molecule has 0 radical (unpaired) electrons. The summed E-state index contributed by atoms with van der Waals surface area (Å²) >= 11 is 9.12. The Hall–Kier alpha value is -1.26. The molecule has 1 aliphatic heterocycles. The van der Waals surface area contributed by atoms with E-state index in [1.54, 1.807) is 17.0 Å². The van der Waals surface area contributed by atoms with Crippen LogP contribution in [0.25, 0.3) is 0 Å². The molecule has 0 saturated carbocycles. The van der Waals surface area contributed by atoms with Crippen LogP contribution in [0.15, 0.2) is 39.2 Å². The van der Waals surface area contributed by atoms with Gasteiger partial charge in [0.1, 0.15) is 0 Å². The van der Waals surface area contributed by atoms with Crippen LogP contribution < -0.4 is 4.90 Å². The van der Waals surface area contributed by atoms with E-state index >= 15 is 0 Å². The van der Waals surface area contributed by atoms with Crippen LogP contribution in [-0.4, -0.2) is 12.5 Å². The summed E-state index contributed by atoms with van der Waals surface area (Å²) in [5.41, 5.74) is 2.10. The number of hydrogen-bond acceptors (Lipinski definition) is 2. The quantitative estimate of drug-likeness (QED) is 0.796. The number of fused-ring (bicyclic) bond motifs is 1. The minimum Gasteiger partial charge on any atom is -0.440 e. The lowest BCUT2D eigenvalue weighted by molar-refractivity contribution is 0.0963. The number of anilines is 1. The molecular weight excluding hydrogens is 318 g/mol. The molecule has 5 heteroatoms. The average Bonchev–Trinajstić information content (AvgIpc) is 2.94. The minimum absolute atomic E-state index is 0.150. The first-order valence-electron chi connectivity index (χ1n) is 5.51. The summed E-state index contributed by atoms with van der Waals surface area (Å²) < 4.78 is 6.19. The number of rotatable bonds is 1. The highest BCUT2D eigenvalue weighted by Crippen LogP contribution is 2.32. The molecule has 0 spiro atoms. The van der Waals surface area contributed by atoms with E-state index in [0.717, 1.165) is 22.1 Å². The van der Waals surface area contributed by atoms with Gasteiger partial charge in [-0.25, -0.2) is 0 Å². The van der Waals surface area contributed by atoms with Crippen LogP contribution in [0.2, 0.25) is 5.22 Å². The van der Waals surface area contributed by atoms with Crippen LogP contribution in [0.4, 0.5) is 5.69 Å². The third kappa shape index (κ3) is 1.95. The van der Waals surface area contributed by atoms with E-state index in [0.29, 0.717) is 6.54 Å². The first-order valence-corrected chi connectivity index (χ1v) is 6.68. The Balaban J connectivity index is 1.95. The van der Waals surface area contributed by atoms with Crippen molar-refractivity contribution in [3.05, 3.63) is 51.3 Å². The molecule has 1 aromatic carbocycles. The summed E-state index contributed by atoms with van der Waals surface area (Å²) in [6, 6.07) is 9.08. The molecule has 0 N–H and O–H groups in total. The average molecular weight is 327 g/mol. The van der Waals surface area contributed by atoms with Gasteiger partial charge in [0.25, 0.3) is 5.91 Å². The highest BCUT2D eigenvalue weighted by Gasteiger charge is 2.27. The molecule has 0 unspecified atom stereocenters. The van der Waals surface area contributed by atoms with Gasteiger partial charge < -0.3 is 9.32 Å². The molecule has 92 valence electrons. The van der Waals surface area contributed by atoms with E-state index in [-0.39, 0.29) is 16.9 Å². The van der Waals surface area contributed by atoms with E-state index in [1.807, 2.05) is 18.2 Å². The number of furan rings is 1. The first-order chi connectivity index (χ1) is 8.65. The first kappa shape index (κ1) is 11.8. The second-order valence-electron chi connectivity index (χ2n) is 4.08. The molecule has 0 atom stereocenters. The Bertz CT molecular complexity index is 623. The van der Waals surface area contributed by atoms with Crippen molar-refractivity contribution in [1.29, 1.82) is 0 Å². The second kappa shape index (κ2) is 4.44. The van der Waals surface area contributed by atoms with Crippen molar-refractivity contribution in [2.24, 2.45) is 0 Å². The molecule has 0 saturated heterocycles. The van der Waals surface area contributed by atoms with Gasteiger partial charge in [-0.05, 0) is 53.9 Å². The number of benzene rings is 1. The molecule has 1 aromatic heterocycles. The predicted molar refractivity (Wildman–Crippen MR) is 73.2 cm³/mol. The molecular formula is C13H9BrClNO2. The number of amides is 1. The van der Waals surface area contributed by atoms with Crippen molar-refractivity contribution in [2.45, 2.75) is 6.42 Å². The van der Waals surface area contributed by atoms with Gasteiger partial charge >= 0.3 is 0 Å². The minimum atomic E-state index is -0.150. The van der Waals surface area contributed by atoms with Gasteiger partial charge in [0.2, 0.25) is 0 Å². The summed E-state index contributed by atoms with van der Waals surface area (Å²) in [5, 5.41) is 0.230. The van der Waals surface area contributed by atoms with Gasteiger partial charge in [0, 0.05) is 16.7 Å². The summed E-state index contributed by atoms with van der Waals surface area (Å²) in [6.07, 6.45) is 0.856. The van der Waals surface area contributed by atoms with E-state index < -0.39 is 0 Å². The second-order valence-corrected chi connectivity index (χ2v) is 5.37. The standard InChI is InChI=1S/C13H9BrClNO2/c14-9-1-2-10-8(7-9)5-6-16(10)13(17)11-3-4-12(15)18-11/h1-4,7H,5-6H2. The lowest BCUT2D eigenvalue weighted by atomic mass is 10.2. The maximum Gasteiger partial charge on any atom is 0.294 e. The summed E-state index contributed by atoms with van der Waals surface area (Å²) in [4.78, 5) is 14.0. The van der Waals surface area contributed by atoms with Gasteiger partial charge in [-0.2, -0.15) is 0 Å². The maximum atomic E-state index is 12.3. The van der Waals surface area contributed by atoms with E-state index in [4.69, 9.17) is 16.0 Å². The van der Waals surface area contributed by atoms with Crippen molar-refractivity contribution in [3.8, 4) is 0 Å². The van der Waals surface area contributed by atoms with Crippen LogP contribution >= 0.6 is 27.5 Å². The van der Waals surface area contributed by atoms with Crippen molar-refractivity contribution >= 4 is 39.1 Å². The van der Waals surface area contributed by atoms with Gasteiger partial charge in [0.15, 0.2) is 11.0 Å². The summed E-state index contributed by atoms with van der Waals surface area (Å²) in [5.74, 6) is 0.124. The third-order valence-corrected chi connectivity index (χ3v) is 3.66. The van der Waals surface area contributed by atoms with Gasteiger partial charge in [-0.15, -0.1) is 0 Å². The van der Waals surface area contributed by atoms with Crippen LogP contribution in [0.1, 0.15) is 16.1 Å². The molecule has 2 aromatic rings. The molecule has 2 heterocycles. The predicted octanol–water partition coefficient (Wildman–Crippen LogP) is 3.90. The smallest absolute Gasteiger partial charge is 0.294 e. The molecule has 3 nitrogen and oxygen atoms in total. The topological polar surface area (TPSA) is 33.5 Å². The van der Waals surface area contributed by atoms with Crippen LogP contribution in [0, 0.1) is 0 Å². The fraction of sp³-hybridized carbons (Fsp3) is 0.154. The zero-order valence-corrected chi connectivity index (χ0v) is 11.7. The van der Waals surface area contributed by atoms with Crippen molar-refractivity contribution in [3.63, 3.8) is 0 Å². The van der Waals surface area contributed by atoms with Crippen molar-refractivity contribution < 1.29 is 9.21 Å². The highest BCUT2D eigenvalue weighted by molar-refractivity contribution is 9.10. The van der Waals surface area contributed by atoms with Crippen LogP contribution in [0.3, 0.4) is 0 Å². The lowest BCUT2D eigenvalue weighted by Gasteiger charge is -2.15. The SMILES string of the molecule is O=C(c1ccc(Cl)o1)N1CCc2cc(Br)ccc21. The molecule has 1 aliphatic rings. The van der Waals surface area contributed by atoms with Crippen molar-refractivity contribution in [1.82, 2.24) is 0 Å². The van der Waals surface area contributed by atoms with E-state index in [9.17, 15) is 4.79 Å². The molecule has 1 amide bonds. The van der Waals surface area contributed by atoms with Gasteiger partial charge in [-0.1, -0.05) is 15.9 Å². The maximum absolute atomic E-state index is 12.3. The highest BCUT2D eigenvalue weighted by atomic mass is 79.9. The van der Waals surface area contributed by atoms with Crippen molar-refractivity contribution in [2.75, 3.05) is 11.4 Å². The number of hydrogen-bond donors (Lipinski definition) is 0. The van der Waals surface area contributed by atoms with Gasteiger partial charge in [0.05, 0.1) is 0 Å². The van der Waals surface area contributed by atoms with E-state index in [2.05, 4.69) is 15.9 Å². The fourth-order valence-corrected chi connectivity index (χ4v) is 2.70. The Morgan fingerprint density at radius 2 is 2.17 bits per heavy atom. The molecule has 0 aliphatic carbocycles. The Morgan fingerprint density at radius 1 is 1.33 bits per heavy atom. The summed E-state index contributed by atoms with van der Waals surface area (Å²) in [6.45, 7) is 0.670. The zero-order chi connectivity index (χ0) is 12.7. The third-order valence-electron chi connectivity index (χ3n) is 2.97. The van der Waals surface area contributed by atoms with Gasteiger partial charge in [-0.3, -0.25) is 4.79 Å².